The molecule has 100 valence electrons. The number of rotatable bonds is 3. The van der Waals surface area contributed by atoms with Gasteiger partial charge in [0.05, 0.1) is 30.3 Å². The zero-order valence-electron chi connectivity index (χ0n) is 10.8. The number of nitrogens with two attached hydrogens (primary N) is 1. The van der Waals surface area contributed by atoms with Crippen molar-refractivity contribution in [2.75, 3.05) is 32.0 Å². The zero-order valence-corrected chi connectivity index (χ0v) is 10.8. The van der Waals surface area contributed by atoms with Crippen molar-refractivity contribution >= 4 is 11.6 Å². The van der Waals surface area contributed by atoms with Crippen molar-refractivity contribution in [1.82, 2.24) is 20.2 Å². The lowest BCUT2D eigenvalue weighted by Crippen LogP contribution is -2.49. The molecule has 2 heterocycles. The Hall–Kier alpha value is -1.60. The number of nitrogen functional groups attached to an aromatic ring is 1. The maximum Gasteiger partial charge on any atom is 0.256 e. The molecule has 7 heteroatoms. The summed E-state index contributed by atoms with van der Waals surface area (Å²) in [6, 6.07) is 0. The van der Waals surface area contributed by atoms with Crippen molar-refractivity contribution in [3.05, 3.63) is 11.4 Å². The highest BCUT2D eigenvalue weighted by atomic mass is 16.5. The van der Waals surface area contributed by atoms with Crippen LogP contribution in [0, 0.1) is 13.8 Å². The van der Waals surface area contributed by atoms with Crippen LogP contribution in [0.1, 0.15) is 11.4 Å². The van der Waals surface area contributed by atoms with Gasteiger partial charge in [0.15, 0.2) is 0 Å². The fourth-order valence-corrected chi connectivity index (χ4v) is 1.89. The van der Waals surface area contributed by atoms with Gasteiger partial charge in [-0.3, -0.25) is 14.9 Å². The first-order chi connectivity index (χ1) is 8.58. The summed E-state index contributed by atoms with van der Waals surface area (Å²) in [4.78, 5) is 11.9. The fraction of sp³-hybridized carbons (Fsp3) is 0.636. The minimum atomic E-state index is -0.0949. The third-order valence-corrected chi connectivity index (χ3v) is 3.02. The number of aromatic nitrogens is 2. The number of amides is 1. The van der Waals surface area contributed by atoms with Crippen molar-refractivity contribution in [3.63, 3.8) is 0 Å². The molecule has 18 heavy (non-hydrogen) atoms. The molecular formula is C11H19N5O2. The molecule has 0 unspecified atom stereocenters. The summed E-state index contributed by atoms with van der Waals surface area (Å²) in [5, 5.41) is 6.09. The number of ether oxygens (including phenoxy) is 1. The summed E-state index contributed by atoms with van der Waals surface area (Å²) >= 11 is 0. The van der Waals surface area contributed by atoms with Gasteiger partial charge in [-0.05, 0) is 13.8 Å². The van der Waals surface area contributed by atoms with E-state index in [1.807, 2.05) is 18.9 Å². The first-order valence-corrected chi connectivity index (χ1v) is 5.99. The number of carbonyl (C=O) groups excluding carboxylic acids is 1. The highest BCUT2D eigenvalue weighted by molar-refractivity contribution is 5.75. The van der Waals surface area contributed by atoms with Gasteiger partial charge in [-0.1, -0.05) is 0 Å². The van der Waals surface area contributed by atoms with Gasteiger partial charge in [0.25, 0.3) is 5.91 Å². The van der Waals surface area contributed by atoms with E-state index in [0.29, 0.717) is 32.0 Å². The van der Waals surface area contributed by atoms with Crippen LogP contribution in [0.25, 0.3) is 0 Å². The highest BCUT2D eigenvalue weighted by Gasteiger charge is 2.15. The van der Waals surface area contributed by atoms with E-state index in [1.54, 1.807) is 4.68 Å². The monoisotopic (exact) mass is 253 g/mol. The molecule has 1 aliphatic heterocycles. The molecule has 1 fully saturated rings. The Morgan fingerprint density at radius 1 is 1.44 bits per heavy atom. The van der Waals surface area contributed by atoms with E-state index >= 15 is 0 Å². The van der Waals surface area contributed by atoms with Crippen molar-refractivity contribution in [3.8, 4) is 0 Å². The number of carbonyl (C=O) groups is 1. The SMILES string of the molecule is Cc1nn(CC(=O)NN2CCOCC2)c(C)c1N. The van der Waals surface area contributed by atoms with E-state index in [0.717, 1.165) is 11.4 Å². The van der Waals surface area contributed by atoms with E-state index in [1.165, 1.54) is 0 Å². The van der Waals surface area contributed by atoms with Gasteiger partial charge in [0, 0.05) is 13.1 Å². The van der Waals surface area contributed by atoms with Gasteiger partial charge in [0.1, 0.15) is 6.54 Å². The van der Waals surface area contributed by atoms with E-state index in [4.69, 9.17) is 10.5 Å². The number of aryl methyl sites for hydroxylation is 1. The summed E-state index contributed by atoms with van der Waals surface area (Å²) in [7, 11) is 0. The van der Waals surface area contributed by atoms with Crippen LogP contribution in [0.2, 0.25) is 0 Å². The number of morpholine rings is 1. The van der Waals surface area contributed by atoms with Crippen LogP contribution in [0.4, 0.5) is 5.69 Å². The fourth-order valence-electron chi connectivity index (χ4n) is 1.89. The van der Waals surface area contributed by atoms with E-state index in [9.17, 15) is 4.79 Å². The standard InChI is InChI=1S/C11H19N5O2/c1-8-11(12)9(2)16(13-8)7-10(17)14-15-3-5-18-6-4-15/h3-7,12H2,1-2H3,(H,14,17). The summed E-state index contributed by atoms with van der Waals surface area (Å²) < 4.78 is 6.84. The number of nitrogens with zero attached hydrogens (tertiary/aromatic N) is 3. The van der Waals surface area contributed by atoms with Gasteiger partial charge in [0.2, 0.25) is 0 Å². The van der Waals surface area contributed by atoms with E-state index in [-0.39, 0.29) is 12.5 Å². The normalized spacial score (nSPS) is 16.8. The molecule has 3 N–H and O–H groups in total. The Labute approximate surface area is 106 Å². The molecule has 0 spiro atoms. The van der Waals surface area contributed by atoms with Gasteiger partial charge in [-0.2, -0.15) is 5.10 Å². The molecule has 0 atom stereocenters. The van der Waals surface area contributed by atoms with Gasteiger partial charge in [-0.25, -0.2) is 5.01 Å². The smallest absolute Gasteiger partial charge is 0.256 e. The lowest BCUT2D eigenvalue weighted by atomic mass is 10.3. The minimum absolute atomic E-state index is 0.0949. The number of anilines is 1. The molecule has 2 rings (SSSR count). The third-order valence-electron chi connectivity index (χ3n) is 3.02. The summed E-state index contributed by atoms with van der Waals surface area (Å²) in [6.07, 6.45) is 0. The van der Waals surface area contributed by atoms with Crippen molar-refractivity contribution in [2.45, 2.75) is 20.4 Å². The largest absolute Gasteiger partial charge is 0.396 e. The lowest BCUT2D eigenvalue weighted by Gasteiger charge is -2.26. The average Bonchev–Trinajstić information content (AvgIpc) is 2.58. The number of nitrogens with one attached hydrogen (secondary N) is 1. The minimum Gasteiger partial charge on any atom is -0.396 e. The number of hydrogen-bond donors (Lipinski definition) is 2. The molecule has 0 bridgehead atoms. The quantitative estimate of drug-likeness (QED) is 0.754. The molecule has 0 radical (unpaired) electrons. The second-order valence-corrected chi connectivity index (χ2v) is 4.38. The molecule has 1 aliphatic rings. The molecule has 1 saturated heterocycles. The summed E-state index contributed by atoms with van der Waals surface area (Å²) in [5.41, 5.74) is 10.9. The summed E-state index contributed by atoms with van der Waals surface area (Å²) in [5.74, 6) is -0.0949. The van der Waals surface area contributed by atoms with Gasteiger partial charge < -0.3 is 10.5 Å². The zero-order chi connectivity index (χ0) is 13.1. The predicted molar refractivity (Wildman–Crippen MR) is 66.6 cm³/mol. The number of hydrazine groups is 1. The van der Waals surface area contributed by atoms with Crippen LogP contribution in [0.15, 0.2) is 0 Å². The van der Waals surface area contributed by atoms with Crippen molar-refractivity contribution in [2.24, 2.45) is 0 Å². The molecule has 0 saturated carbocycles. The molecular weight excluding hydrogens is 234 g/mol. The third kappa shape index (κ3) is 2.80. The van der Waals surface area contributed by atoms with Crippen LogP contribution < -0.4 is 11.2 Å². The Balaban J connectivity index is 1.92. The second kappa shape index (κ2) is 5.36. The molecule has 1 aromatic heterocycles. The Morgan fingerprint density at radius 3 is 2.67 bits per heavy atom. The molecule has 0 aromatic carbocycles. The second-order valence-electron chi connectivity index (χ2n) is 4.38. The van der Waals surface area contributed by atoms with E-state index in [2.05, 4.69) is 10.5 Å². The average molecular weight is 253 g/mol. The Kier molecular flexibility index (Phi) is 3.83. The predicted octanol–water partition coefficient (Wildman–Crippen LogP) is -0.554. The Morgan fingerprint density at radius 2 is 2.11 bits per heavy atom. The lowest BCUT2D eigenvalue weighted by molar-refractivity contribution is -0.128. The van der Waals surface area contributed by atoms with Crippen LogP contribution in [-0.2, 0) is 16.1 Å². The first-order valence-electron chi connectivity index (χ1n) is 5.99. The van der Waals surface area contributed by atoms with Crippen molar-refractivity contribution < 1.29 is 9.53 Å². The Bertz CT molecular complexity index is 437. The van der Waals surface area contributed by atoms with Gasteiger partial charge in [-0.15, -0.1) is 0 Å². The topological polar surface area (TPSA) is 85.4 Å². The van der Waals surface area contributed by atoms with Gasteiger partial charge >= 0.3 is 0 Å². The maximum absolute atomic E-state index is 11.9. The molecule has 1 aromatic rings. The van der Waals surface area contributed by atoms with Crippen LogP contribution in [0.5, 0.6) is 0 Å². The maximum atomic E-state index is 11.9. The van der Waals surface area contributed by atoms with Crippen LogP contribution in [0.3, 0.4) is 0 Å². The van der Waals surface area contributed by atoms with E-state index < -0.39 is 0 Å². The van der Waals surface area contributed by atoms with Crippen LogP contribution in [-0.4, -0.2) is 47.0 Å². The number of hydrogen-bond acceptors (Lipinski definition) is 5. The first kappa shape index (κ1) is 12.8. The molecule has 1 amide bonds. The molecule has 0 aliphatic carbocycles. The molecule has 7 nitrogen and oxygen atoms in total. The van der Waals surface area contributed by atoms with Crippen LogP contribution >= 0.6 is 0 Å². The summed E-state index contributed by atoms with van der Waals surface area (Å²) in [6.45, 7) is 6.59. The highest BCUT2D eigenvalue weighted by Crippen LogP contribution is 2.14. The van der Waals surface area contributed by atoms with Crippen molar-refractivity contribution in [1.29, 1.82) is 0 Å².